The molecule has 1 atom stereocenters. The number of nitrogens with zero attached hydrogens (tertiary/aromatic N) is 1. The third-order valence-electron chi connectivity index (χ3n) is 5.03. The Hall–Kier alpha value is -2.15. The van der Waals surface area contributed by atoms with Crippen LogP contribution in [0.1, 0.15) is 44.2 Å². The summed E-state index contributed by atoms with van der Waals surface area (Å²) in [6.07, 6.45) is 18.6. The summed E-state index contributed by atoms with van der Waals surface area (Å²) in [5, 5.41) is 0. The van der Waals surface area contributed by atoms with Gasteiger partial charge in [-0.05, 0) is 72.8 Å². The number of unbranched alkanes of at least 4 members (excludes halogenated alkanes) is 1. The quantitative estimate of drug-likeness (QED) is 0.459. The minimum Gasteiger partial charge on any atom is -0.264 e. The van der Waals surface area contributed by atoms with Crippen LogP contribution in [0.15, 0.2) is 67.0 Å². The van der Waals surface area contributed by atoms with Crippen molar-refractivity contribution in [3.8, 4) is 11.1 Å². The lowest BCUT2D eigenvalue weighted by atomic mass is 9.82. The van der Waals surface area contributed by atoms with Crippen LogP contribution < -0.4 is 0 Å². The van der Waals surface area contributed by atoms with Gasteiger partial charge in [0.15, 0.2) is 0 Å². The average molecular weight is 317 g/mol. The van der Waals surface area contributed by atoms with Crippen molar-refractivity contribution in [1.82, 2.24) is 4.98 Å². The Kier molecular flexibility index (Phi) is 5.30. The van der Waals surface area contributed by atoms with Crippen molar-refractivity contribution in [2.75, 3.05) is 0 Å². The lowest BCUT2D eigenvalue weighted by molar-refractivity contribution is 0.308. The van der Waals surface area contributed by atoms with Gasteiger partial charge in [0.25, 0.3) is 0 Å². The number of hydrogen-bond donors (Lipinski definition) is 0. The third-order valence-corrected chi connectivity index (χ3v) is 5.03. The second-order valence-electron chi connectivity index (χ2n) is 7.24. The molecule has 1 aliphatic rings. The highest BCUT2D eigenvalue weighted by Crippen LogP contribution is 2.41. The second kappa shape index (κ2) is 7.61. The Bertz CT molecular complexity index is 727. The second-order valence-corrected chi connectivity index (χ2v) is 7.24. The Morgan fingerprint density at radius 2 is 1.96 bits per heavy atom. The van der Waals surface area contributed by atoms with E-state index in [4.69, 9.17) is 0 Å². The first-order valence-electron chi connectivity index (χ1n) is 9.00. The van der Waals surface area contributed by atoms with Crippen LogP contribution >= 0.6 is 0 Å². The lowest BCUT2D eigenvalue weighted by Crippen LogP contribution is -2.16. The van der Waals surface area contributed by atoms with Crippen molar-refractivity contribution in [3.05, 3.63) is 78.2 Å². The van der Waals surface area contributed by atoms with E-state index >= 15 is 0 Å². The highest BCUT2D eigenvalue weighted by atomic mass is 14.6. The summed E-state index contributed by atoms with van der Waals surface area (Å²) in [6.45, 7) is 4.51. The average Bonchev–Trinajstić information content (AvgIpc) is 2.94. The fraction of sp³-hybridized carbons (Fsp3) is 0.348. The molecule has 3 rings (SSSR count). The van der Waals surface area contributed by atoms with Gasteiger partial charge in [-0.25, -0.2) is 0 Å². The van der Waals surface area contributed by atoms with E-state index < -0.39 is 0 Å². The number of allylic oxidation sites excluding steroid dienone is 4. The molecule has 0 saturated carbocycles. The molecule has 24 heavy (non-hydrogen) atoms. The van der Waals surface area contributed by atoms with Gasteiger partial charge in [0.05, 0.1) is 0 Å². The topological polar surface area (TPSA) is 12.9 Å². The van der Waals surface area contributed by atoms with Crippen LogP contribution in [0.5, 0.6) is 0 Å². The molecular formula is C23H27N. The van der Waals surface area contributed by atoms with Gasteiger partial charge in [-0.2, -0.15) is 0 Å². The predicted octanol–water partition coefficient (Wildman–Crippen LogP) is 6.16. The maximum Gasteiger partial charge on any atom is 0.0346 e. The third kappa shape index (κ3) is 4.03. The summed E-state index contributed by atoms with van der Waals surface area (Å²) in [5.74, 6) is 0. The molecule has 124 valence electrons. The van der Waals surface area contributed by atoms with Crippen molar-refractivity contribution in [2.45, 2.75) is 46.0 Å². The van der Waals surface area contributed by atoms with E-state index in [1.165, 1.54) is 54.4 Å². The number of pyridine rings is 1. The van der Waals surface area contributed by atoms with Crippen LogP contribution in [0.3, 0.4) is 0 Å². The molecule has 0 saturated heterocycles. The van der Waals surface area contributed by atoms with Gasteiger partial charge in [-0.1, -0.05) is 55.5 Å². The van der Waals surface area contributed by atoms with Crippen molar-refractivity contribution < 1.29 is 0 Å². The molecule has 1 unspecified atom stereocenters. The minimum absolute atomic E-state index is 0.421. The largest absolute Gasteiger partial charge is 0.264 e. The first-order chi connectivity index (χ1) is 11.7. The zero-order chi connectivity index (χ0) is 16.8. The molecule has 0 spiro atoms. The first kappa shape index (κ1) is 16.7. The van der Waals surface area contributed by atoms with Crippen LogP contribution in [0.4, 0.5) is 0 Å². The highest BCUT2D eigenvalue weighted by Gasteiger charge is 2.32. The van der Waals surface area contributed by atoms with Gasteiger partial charge in [0, 0.05) is 12.4 Å². The maximum absolute atomic E-state index is 4.24. The van der Waals surface area contributed by atoms with E-state index in [0.29, 0.717) is 5.41 Å². The summed E-state index contributed by atoms with van der Waals surface area (Å²) in [6, 6.07) is 11.1. The predicted molar refractivity (Wildman–Crippen MR) is 103 cm³/mol. The molecule has 0 bridgehead atoms. The number of fused-ring (bicyclic) bond motifs is 1. The molecule has 0 aliphatic heterocycles. The zero-order valence-corrected chi connectivity index (χ0v) is 14.8. The van der Waals surface area contributed by atoms with Gasteiger partial charge < -0.3 is 0 Å². The monoisotopic (exact) mass is 317 g/mol. The van der Waals surface area contributed by atoms with E-state index in [9.17, 15) is 0 Å². The van der Waals surface area contributed by atoms with Crippen LogP contribution in [0.2, 0.25) is 0 Å². The normalized spacial score (nSPS) is 20.1. The standard InChI is InChI=1S/C23H27N/c1-3-4-5-6-7-8-13-23(2)16-20-12-11-19(15-22(20)17-23)21-10-9-14-24-18-21/h3-6,9-12,14-15,18H,7-8,13,16-17H2,1-2H3/b4-3-,6-5-. The molecule has 1 nitrogen and oxygen atoms in total. The Morgan fingerprint density at radius 1 is 1.08 bits per heavy atom. The van der Waals surface area contributed by atoms with Crippen molar-refractivity contribution >= 4 is 0 Å². The molecule has 0 fully saturated rings. The number of aromatic nitrogens is 1. The summed E-state index contributed by atoms with van der Waals surface area (Å²) >= 11 is 0. The van der Waals surface area contributed by atoms with E-state index in [1.807, 2.05) is 18.5 Å². The first-order valence-corrected chi connectivity index (χ1v) is 9.00. The van der Waals surface area contributed by atoms with Gasteiger partial charge in [-0.15, -0.1) is 0 Å². The van der Waals surface area contributed by atoms with E-state index in [-0.39, 0.29) is 0 Å². The molecule has 2 aromatic rings. The Labute approximate surface area is 146 Å². The maximum atomic E-state index is 4.24. The van der Waals surface area contributed by atoms with Crippen molar-refractivity contribution in [1.29, 1.82) is 0 Å². The van der Waals surface area contributed by atoms with Gasteiger partial charge >= 0.3 is 0 Å². The smallest absolute Gasteiger partial charge is 0.0346 e. The molecule has 1 aromatic heterocycles. The summed E-state index contributed by atoms with van der Waals surface area (Å²) in [4.78, 5) is 4.24. The van der Waals surface area contributed by atoms with Crippen molar-refractivity contribution in [3.63, 3.8) is 0 Å². The molecular weight excluding hydrogens is 290 g/mol. The molecule has 1 heteroatoms. The van der Waals surface area contributed by atoms with E-state index in [0.717, 1.165) is 0 Å². The molecule has 1 aromatic carbocycles. The van der Waals surface area contributed by atoms with Crippen LogP contribution in [0, 0.1) is 5.41 Å². The van der Waals surface area contributed by atoms with Crippen molar-refractivity contribution in [2.24, 2.45) is 5.41 Å². The summed E-state index contributed by atoms with van der Waals surface area (Å²) < 4.78 is 0. The fourth-order valence-corrected chi connectivity index (χ4v) is 3.77. The Morgan fingerprint density at radius 3 is 2.75 bits per heavy atom. The number of rotatable bonds is 6. The summed E-state index contributed by atoms with van der Waals surface area (Å²) in [5.41, 5.74) is 5.99. The molecule has 1 heterocycles. The Balaban J connectivity index is 1.64. The minimum atomic E-state index is 0.421. The molecule has 0 amide bonds. The fourth-order valence-electron chi connectivity index (χ4n) is 3.77. The van der Waals surface area contributed by atoms with Gasteiger partial charge in [0.1, 0.15) is 0 Å². The number of hydrogen-bond acceptors (Lipinski definition) is 1. The number of benzene rings is 1. The van der Waals surface area contributed by atoms with E-state index in [1.54, 1.807) is 0 Å². The molecule has 1 aliphatic carbocycles. The van der Waals surface area contributed by atoms with Crippen LogP contribution in [-0.2, 0) is 12.8 Å². The molecule has 0 N–H and O–H groups in total. The summed E-state index contributed by atoms with van der Waals surface area (Å²) in [7, 11) is 0. The van der Waals surface area contributed by atoms with Gasteiger partial charge in [0.2, 0.25) is 0 Å². The highest BCUT2D eigenvalue weighted by molar-refractivity contribution is 5.64. The van der Waals surface area contributed by atoms with Gasteiger partial charge in [-0.3, -0.25) is 4.98 Å². The van der Waals surface area contributed by atoms with E-state index in [2.05, 4.69) is 67.4 Å². The molecule has 0 radical (unpaired) electrons. The van der Waals surface area contributed by atoms with Crippen LogP contribution in [0.25, 0.3) is 11.1 Å². The van der Waals surface area contributed by atoms with Crippen LogP contribution in [-0.4, -0.2) is 4.98 Å². The SMILES string of the molecule is C/C=C\C=C/CCCC1(C)Cc2ccc(-c3cccnc3)cc2C1. The zero-order valence-electron chi connectivity index (χ0n) is 14.8. The lowest BCUT2D eigenvalue weighted by Gasteiger charge is -2.23.